The fourth-order valence-electron chi connectivity index (χ4n) is 3.34. The number of carbonyl (C=O) groups excluding carboxylic acids is 2. The number of hydrogen-bond donors (Lipinski definition) is 5. The molecule has 0 atom stereocenters. The first-order chi connectivity index (χ1) is 15.5. The minimum atomic E-state index is -0.636. The molecule has 9 heteroatoms. The van der Waals surface area contributed by atoms with Gasteiger partial charge in [0.1, 0.15) is 5.69 Å². The molecule has 0 aliphatic rings. The van der Waals surface area contributed by atoms with Crippen LogP contribution in [-0.4, -0.2) is 53.5 Å². The van der Waals surface area contributed by atoms with E-state index < -0.39 is 18.5 Å². The Morgan fingerprint density at radius 2 is 1.72 bits per heavy atom. The number of aliphatic hydroxyl groups is 3. The molecule has 2 rings (SSSR count). The van der Waals surface area contributed by atoms with Gasteiger partial charge in [0.05, 0.1) is 34.0 Å². The number of rotatable bonds is 9. The molecule has 0 saturated heterocycles. The highest BCUT2D eigenvalue weighted by molar-refractivity contribution is 5.99. The van der Waals surface area contributed by atoms with Crippen molar-refractivity contribution in [1.82, 2.24) is 10.3 Å². The number of carbonyl (C=O) groups is 2. The zero-order valence-corrected chi connectivity index (χ0v) is 18.5. The van der Waals surface area contributed by atoms with Crippen LogP contribution in [0.4, 0.5) is 0 Å². The highest BCUT2D eigenvalue weighted by Crippen LogP contribution is 2.37. The molecule has 0 unspecified atom stereocenters. The van der Waals surface area contributed by atoms with Crippen LogP contribution in [0.15, 0.2) is 31.4 Å². The maximum atomic E-state index is 12.4. The van der Waals surface area contributed by atoms with Gasteiger partial charge in [0.2, 0.25) is 0 Å². The summed E-state index contributed by atoms with van der Waals surface area (Å²) in [5.41, 5.74) is 3.48. The summed E-state index contributed by atoms with van der Waals surface area (Å²) < 4.78 is 9.51. The van der Waals surface area contributed by atoms with Crippen LogP contribution in [0.1, 0.15) is 38.4 Å². The van der Waals surface area contributed by atoms with Gasteiger partial charge < -0.3 is 35.1 Å². The molecule has 0 fully saturated rings. The Morgan fingerprint density at radius 3 is 2.22 bits per heavy atom. The zero-order chi connectivity index (χ0) is 24.3. The third kappa shape index (κ3) is 5.71. The van der Waals surface area contributed by atoms with E-state index in [4.69, 9.17) is 4.74 Å². The third-order valence-electron chi connectivity index (χ3n) is 4.73. The lowest BCUT2D eigenvalue weighted by atomic mass is 9.90. The van der Waals surface area contributed by atoms with Crippen molar-refractivity contribution in [2.45, 2.75) is 26.4 Å². The second-order valence-corrected chi connectivity index (χ2v) is 6.35. The maximum Gasteiger partial charge on any atom is 0.355 e. The van der Waals surface area contributed by atoms with Gasteiger partial charge in [-0.25, -0.2) is 9.59 Å². The van der Waals surface area contributed by atoms with Crippen molar-refractivity contribution in [3.8, 4) is 11.1 Å². The summed E-state index contributed by atoms with van der Waals surface area (Å²) in [6, 6.07) is 3.33. The van der Waals surface area contributed by atoms with Gasteiger partial charge in [-0.05, 0) is 35.4 Å². The summed E-state index contributed by atoms with van der Waals surface area (Å²) in [7, 11) is 4.21. The molecular formula is C23H30N2O7. The Balaban J connectivity index is 0.00000249. The lowest BCUT2D eigenvalue weighted by Gasteiger charge is -2.17. The smallest absolute Gasteiger partial charge is 0.355 e. The van der Waals surface area contributed by atoms with Crippen molar-refractivity contribution >= 4 is 18.0 Å². The topological polar surface area (TPSA) is 141 Å². The van der Waals surface area contributed by atoms with Crippen molar-refractivity contribution in [1.29, 1.82) is 0 Å². The minimum absolute atomic E-state index is 0.124. The van der Waals surface area contributed by atoms with Crippen LogP contribution in [0, 0.1) is 0 Å². The lowest BCUT2D eigenvalue weighted by Crippen LogP contribution is -2.08. The number of hydrogen-bond acceptors (Lipinski definition) is 8. The number of aromatic amines is 1. The number of esters is 2. The Hall–Kier alpha value is -3.24. The molecule has 1 heterocycles. The summed E-state index contributed by atoms with van der Waals surface area (Å²) in [5, 5.41) is 32.4. The number of ether oxygens (including phenoxy) is 2. The van der Waals surface area contributed by atoms with E-state index in [0.29, 0.717) is 45.6 Å². The number of H-pyrrole nitrogens is 1. The largest absolute Gasteiger partial charge is 0.466 e. The predicted octanol–water partition coefficient (Wildman–Crippen LogP) is 1.65. The van der Waals surface area contributed by atoms with E-state index in [-0.39, 0.29) is 18.9 Å². The summed E-state index contributed by atoms with van der Waals surface area (Å²) in [4.78, 5) is 27.1. The molecule has 0 aliphatic carbocycles. The van der Waals surface area contributed by atoms with Gasteiger partial charge in [-0.15, -0.1) is 13.2 Å². The second-order valence-electron chi connectivity index (χ2n) is 6.35. The van der Waals surface area contributed by atoms with E-state index in [0.717, 1.165) is 0 Å². The summed E-state index contributed by atoms with van der Waals surface area (Å²) in [6.45, 7) is 5.24. The SMILES string of the molecule is C=C.CNCc1[nH]c(C(=O)OC)c(/C=C/C(=O)OC)c1-c1ccc(CO)c(CO)c1CO. The molecule has 0 bridgehead atoms. The highest BCUT2D eigenvalue weighted by Gasteiger charge is 2.25. The van der Waals surface area contributed by atoms with Gasteiger partial charge in [-0.3, -0.25) is 0 Å². The first-order valence-corrected chi connectivity index (χ1v) is 9.67. The Kier molecular flexibility index (Phi) is 11.1. The van der Waals surface area contributed by atoms with Crippen molar-refractivity contribution in [3.63, 3.8) is 0 Å². The number of methoxy groups -OCH3 is 2. The van der Waals surface area contributed by atoms with Crippen LogP contribution >= 0.6 is 0 Å². The van der Waals surface area contributed by atoms with Gasteiger partial charge in [0, 0.05) is 29.4 Å². The number of nitrogens with one attached hydrogen (secondary N) is 2. The average Bonchev–Trinajstić information content (AvgIpc) is 3.19. The standard InChI is InChI=1S/C21H26N2O7.C2H4/c1-22-8-17-19(13-5-4-12(9-24)15(10-25)16(13)11-26)14(6-7-18(27)29-2)20(23-17)21(28)30-3;1-2/h4-7,22-26H,8-11H2,1-3H3;1-2H2/b7-6+;. The molecule has 0 radical (unpaired) electrons. The van der Waals surface area contributed by atoms with Crippen molar-refractivity contribution in [2.75, 3.05) is 21.3 Å². The third-order valence-corrected chi connectivity index (χ3v) is 4.73. The van der Waals surface area contributed by atoms with E-state index in [1.807, 2.05) is 0 Å². The van der Waals surface area contributed by atoms with Crippen LogP contribution in [0.5, 0.6) is 0 Å². The molecule has 0 saturated carbocycles. The normalized spacial score (nSPS) is 10.6. The molecule has 9 nitrogen and oxygen atoms in total. The van der Waals surface area contributed by atoms with Crippen LogP contribution in [0.25, 0.3) is 17.2 Å². The molecular weight excluding hydrogens is 416 g/mol. The van der Waals surface area contributed by atoms with E-state index in [9.17, 15) is 24.9 Å². The molecule has 5 N–H and O–H groups in total. The van der Waals surface area contributed by atoms with Gasteiger partial charge in [-0.2, -0.15) is 0 Å². The molecule has 1 aromatic carbocycles. The monoisotopic (exact) mass is 446 g/mol. The van der Waals surface area contributed by atoms with E-state index in [1.54, 1.807) is 19.2 Å². The van der Waals surface area contributed by atoms with Crippen LogP contribution in [0.3, 0.4) is 0 Å². The van der Waals surface area contributed by atoms with Crippen LogP contribution in [-0.2, 0) is 40.6 Å². The van der Waals surface area contributed by atoms with Crippen LogP contribution in [0.2, 0.25) is 0 Å². The lowest BCUT2D eigenvalue weighted by molar-refractivity contribution is -0.134. The molecule has 2 aromatic rings. The zero-order valence-electron chi connectivity index (χ0n) is 18.5. The Labute approximate surface area is 187 Å². The predicted molar refractivity (Wildman–Crippen MR) is 120 cm³/mol. The van der Waals surface area contributed by atoms with E-state index in [1.165, 1.54) is 26.4 Å². The first kappa shape index (κ1) is 26.8. The highest BCUT2D eigenvalue weighted by atomic mass is 16.5. The minimum Gasteiger partial charge on any atom is -0.466 e. The molecule has 32 heavy (non-hydrogen) atoms. The maximum absolute atomic E-state index is 12.4. The fraction of sp³-hybridized carbons (Fsp3) is 0.304. The van der Waals surface area contributed by atoms with Gasteiger partial charge in [0.15, 0.2) is 0 Å². The quantitative estimate of drug-likeness (QED) is 0.222. The molecule has 0 amide bonds. The molecule has 174 valence electrons. The average molecular weight is 447 g/mol. The molecule has 0 spiro atoms. The van der Waals surface area contributed by atoms with Crippen molar-refractivity contribution in [3.05, 3.63) is 65.0 Å². The van der Waals surface area contributed by atoms with Crippen LogP contribution < -0.4 is 5.32 Å². The van der Waals surface area contributed by atoms with Crippen molar-refractivity contribution < 1.29 is 34.4 Å². The summed E-state index contributed by atoms with van der Waals surface area (Å²) in [6.07, 6.45) is 2.61. The van der Waals surface area contributed by atoms with Gasteiger partial charge in [0.25, 0.3) is 0 Å². The Bertz CT molecular complexity index is 964. The second kappa shape index (κ2) is 13.2. The van der Waals surface area contributed by atoms with E-state index in [2.05, 4.69) is 28.2 Å². The summed E-state index contributed by atoms with van der Waals surface area (Å²) >= 11 is 0. The number of aliphatic hydroxyl groups excluding tert-OH is 3. The first-order valence-electron chi connectivity index (χ1n) is 9.67. The van der Waals surface area contributed by atoms with Gasteiger partial charge in [-0.1, -0.05) is 12.1 Å². The molecule has 0 aliphatic heterocycles. The number of benzene rings is 1. The Morgan fingerprint density at radius 1 is 1.06 bits per heavy atom. The van der Waals surface area contributed by atoms with E-state index >= 15 is 0 Å². The summed E-state index contributed by atoms with van der Waals surface area (Å²) in [5.74, 6) is -1.25. The van der Waals surface area contributed by atoms with Gasteiger partial charge >= 0.3 is 11.9 Å². The fourth-order valence-corrected chi connectivity index (χ4v) is 3.34. The molecule has 1 aromatic heterocycles. The number of aromatic nitrogens is 1. The van der Waals surface area contributed by atoms with Crippen molar-refractivity contribution in [2.24, 2.45) is 0 Å².